The molecule has 1 amide bonds. The molecule has 170 valence electrons. The van der Waals surface area contributed by atoms with Gasteiger partial charge in [0.1, 0.15) is 23.9 Å². The van der Waals surface area contributed by atoms with E-state index in [0.717, 1.165) is 11.3 Å². The highest BCUT2D eigenvalue weighted by Crippen LogP contribution is 2.24. The van der Waals surface area contributed by atoms with Crippen LogP contribution in [0.4, 0.5) is 10.1 Å². The molecule has 33 heavy (non-hydrogen) atoms. The second-order valence-corrected chi connectivity index (χ2v) is 8.03. The van der Waals surface area contributed by atoms with Crippen LogP contribution in [-0.4, -0.2) is 20.8 Å². The molecule has 0 saturated carbocycles. The summed E-state index contributed by atoms with van der Waals surface area (Å²) >= 11 is 6.08. The van der Waals surface area contributed by atoms with Crippen molar-refractivity contribution in [1.82, 2.24) is 14.9 Å². The third kappa shape index (κ3) is 5.06. The highest BCUT2D eigenvalue weighted by Gasteiger charge is 2.23. The maximum absolute atomic E-state index is 13.1. The van der Waals surface area contributed by atoms with Gasteiger partial charge in [-0.2, -0.15) is 5.10 Å². The summed E-state index contributed by atoms with van der Waals surface area (Å²) in [6, 6.07) is 13.2. The number of anilines is 1. The molecular weight excluding hydrogens is 447 g/mol. The van der Waals surface area contributed by atoms with Crippen LogP contribution >= 0.6 is 11.6 Å². The number of aryl methyl sites for hydroxylation is 2. The molecule has 0 aliphatic carbocycles. The summed E-state index contributed by atoms with van der Waals surface area (Å²) in [5.41, 5.74) is 3.71. The number of ether oxygens (including phenoxy) is 1. The maximum Gasteiger partial charge on any atom is 0.278 e. The van der Waals surface area contributed by atoms with Gasteiger partial charge in [0.2, 0.25) is 0 Å². The van der Waals surface area contributed by atoms with Crippen LogP contribution in [0.1, 0.15) is 38.8 Å². The van der Waals surface area contributed by atoms with Crippen molar-refractivity contribution in [3.05, 3.63) is 93.3 Å². The summed E-state index contributed by atoms with van der Waals surface area (Å²) in [6.45, 7) is 5.97. The van der Waals surface area contributed by atoms with Crippen LogP contribution in [0.5, 0.6) is 5.75 Å². The number of benzene rings is 2. The second-order valence-electron chi connectivity index (χ2n) is 7.60. The van der Waals surface area contributed by atoms with E-state index in [4.69, 9.17) is 20.9 Å². The average molecular weight is 469 g/mol. The Balaban J connectivity index is 1.51. The van der Waals surface area contributed by atoms with E-state index < -0.39 is 5.91 Å². The van der Waals surface area contributed by atoms with E-state index >= 15 is 0 Å². The van der Waals surface area contributed by atoms with Crippen molar-refractivity contribution in [3.63, 3.8) is 0 Å². The number of amides is 1. The van der Waals surface area contributed by atoms with Crippen molar-refractivity contribution in [3.8, 4) is 5.75 Å². The Hall–Kier alpha value is -3.65. The average Bonchev–Trinajstić information content (AvgIpc) is 3.27. The normalized spacial score (nSPS) is 10.9. The fourth-order valence-corrected chi connectivity index (χ4v) is 3.65. The smallest absolute Gasteiger partial charge is 0.278 e. The lowest BCUT2D eigenvalue weighted by atomic mass is 10.2. The van der Waals surface area contributed by atoms with Gasteiger partial charge in [0.15, 0.2) is 5.69 Å². The summed E-state index contributed by atoms with van der Waals surface area (Å²) in [7, 11) is 0. The first-order valence-corrected chi connectivity index (χ1v) is 10.6. The zero-order chi connectivity index (χ0) is 23.5. The van der Waals surface area contributed by atoms with Crippen molar-refractivity contribution < 1.29 is 18.4 Å². The molecule has 2 aromatic carbocycles. The van der Waals surface area contributed by atoms with Crippen LogP contribution in [-0.2, 0) is 13.2 Å². The SMILES string of the molecule is Cc1nn(Cc2cccc(Cl)c2)c(C)c1NC(=O)c1noc(C)c1COc1ccc(F)cc1. The third-order valence-electron chi connectivity index (χ3n) is 5.24. The Morgan fingerprint density at radius 2 is 1.94 bits per heavy atom. The molecule has 2 aromatic heterocycles. The molecule has 0 fully saturated rings. The van der Waals surface area contributed by atoms with Crippen molar-refractivity contribution in [2.45, 2.75) is 33.9 Å². The number of aromatic nitrogens is 3. The molecule has 0 saturated heterocycles. The van der Waals surface area contributed by atoms with Crippen molar-refractivity contribution in [1.29, 1.82) is 0 Å². The van der Waals surface area contributed by atoms with Gasteiger partial charge in [-0.05, 0) is 62.7 Å². The first-order valence-electron chi connectivity index (χ1n) is 10.2. The first-order chi connectivity index (χ1) is 15.8. The fraction of sp³-hybridized carbons (Fsp3) is 0.208. The quantitative estimate of drug-likeness (QED) is 0.389. The standard InChI is InChI=1S/C24H22ClFN4O3/c1-14-22(15(2)30(28-14)12-17-5-4-6-18(25)11-17)27-24(31)23-21(16(3)33-29-23)13-32-20-9-7-19(26)8-10-20/h4-11H,12-13H2,1-3H3,(H,27,31). The Bertz CT molecular complexity index is 1300. The summed E-state index contributed by atoms with van der Waals surface area (Å²) in [5.74, 6) is 0.146. The highest BCUT2D eigenvalue weighted by molar-refractivity contribution is 6.30. The predicted molar refractivity (Wildman–Crippen MR) is 122 cm³/mol. The Labute approximate surface area is 195 Å². The number of nitrogens with one attached hydrogen (secondary N) is 1. The summed E-state index contributed by atoms with van der Waals surface area (Å²) in [5, 5.41) is 12.0. The van der Waals surface area contributed by atoms with Crippen LogP contribution in [0.15, 0.2) is 53.1 Å². The van der Waals surface area contributed by atoms with Gasteiger partial charge in [0.05, 0.1) is 29.2 Å². The van der Waals surface area contributed by atoms with Gasteiger partial charge in [-0.15, -0.1) is 0 Å². The Kier molecular flexibility index (Phi) is 6.46. The summed E-state index contributed by atoms with van der Waals surface area (Å²) < 4.78 is 25.8. The zero-order valence-electron chi connectivity index (χ0n) is 18.4. The molecule has 0 aliphatic rings. The minimum absolute atomic E-state index is 0.0513. The minimum Gasteiger partial charge on any atom is -0.489 e. The largest absolute Gasteiger partial charge is 0.489 e. The molecule has 9 heteroatoms. The molecule has 0 unspecified atom stereocenters. The van der Waals surface area contributed by atoms with E-state index in [1.54, 1.807) is 6.92 Å². The van der Waals surface area contributed by atoms with Crippen molar-refractivity contribution >= 4 is 23.2 Å². The molecule has 0 atom stereocenters. The molecule has 0 bridgehead atoms. The lowest BCUT2D eigenvalue weighted by molar-refractivity contribution is 0.101. The number of nitrogens with zero attached hydrogens (tertiary/aromatic N) is 3. The number of carbonyl (C=O) groups is 1. The van der Waals surface area contributed by atoms with E-state index in [2.05, 4.69) is 15.6 Å². The lowest BCUT2D eigenvalue weighted by Gasteiger charge is -2.08. The molecular formula is C24H22ClFN4O3. The van der Waals surface area contributed by atoms with E-state index in [9.17, 15) is 9.18 Å². The molecule has 0 aliphatic heterocycles. The van der Waals surface area contributed by atoms with Gasteiger partial charge in [-0.3, -0.25) is 9.48 Å². The number of carbonyl (C=O) groups excluding carboxylic acids is 1. The number of halogens is 2. The van der Waals surface area contributed by atoms with E-state index in [-0.39, 0.29) is 18.1 Å². The predicted octanol–water partition coefficient (Wildman–Crippen LogP) is 5.47. The van der Waals surface area contributed by atoms with Gasteiger partial charge in [-0.25, -0.2) is 4.39 Å². The second kappa shape index (κ2) is 9.46. The maximum atomic E-state index is 13.1. The molecule has 1 N–H and O–H groups in total. The third-order valence-corrected chi connectivity index (χ3v) is 5.47. The number of hydrogen-bond donors (Lipinski definition) is 1. The van der Waals surface area contributed by atoms with Crippen LogP contribution in [0.25, 0.3) is 0 Å². The van der Waals surface area contributed by atoms with Gasteiger partial charge in [-0.1, -0.05) is 28.9 Å². The number of rotatable bonds is 7. The van der Waals surface area contributed by atoms with Gasteiger partial charge < -0.3 is 14.6 Å². The minimum atomic E-state index is -0.432. The summed E-state index contributed by atoms with van der Waals surface area (Å²) in [6.07, 6.45) is 0. The van der Waals surface area contributed by atoms with Crippen LogP contribution < -0.4 is 10.1 Å². The van der Waals surface area contributed by atoms with Crippen LogP contribution in [0.2, 0.25) is 5.02 Å². The highest BCUT2D eigenvalue weighted by atomic mass is 35.5. The monoisotopic (exact) mass is 468 g/mol. The molecule has 2 heterocycles. The van der Waals surface area contributed by atoms with Crippen LogP contribution in [0, 0.1) is 26.6 Å². The van der Waals surface area contributed by atoms with Gasteiger partial charge >= 0.3 is 0 Å². The Morgan fingerprint density at radius 3 is 2.67 bits per heavy atom. The van der Waals surface area contributed by atoms with Crippen LogP contribution in [0.3, 0.4) is 0 Å². The molecule has 0 radical (unpaired) electrons. The molecule has 4 aromatic rings. The topological polar surface area (TPSA) is 82.2 Å². The first kappa shape index (κ1) is 22.5. The molecule has 7 nitrogen and oxygen atoms in total. The lowest BCUT2D eigenvalue weighted by Crippen LogP contribution is -2.16. The molecule has 4 rings (SSSR count). The van der Waals surface area contributed by atoms with Crippen molar-refractivity contribution in [2.24, 2.45) is 0 Å². The summed E-state index contributed by atoms with van der Waals surface area (Å²) in [4.78, 5) is 13.0. The van der Waals surface area contributed by atoms with Gasteiger partial charge in [0.25, 0.3) is 5.91 Å². The Morgan fingerprint density at radius 1 is 1.18 bits per heavy atom. The van der Waals surface area contributed by atoms with Crippen molar-refractivity contribution in [2.75, 3.05) is 5.32 Å². The van der Waals surface area contributed by atoms with E-state index in [0.29, 0.717) is 40.0 Å². The number of hydrogen-bond acceptors (Lipinski definition) is 5. The molecule has 0 spiro atoms. The van der Waals surface area contributed by atoms with Gasteiger partial charge in [0, 0.05) is 5.02 Å². The fourth-order valence-electron chi connectivity index (χ4n) is 3.44. The zero-order valence-corrected chi connectivity index (χ0v) is 19.1. The van der Waals surface area contributed by atoms with E-state index in [1.807, 2.05) is 42.8 Å². The van der Waals surface area contributed by atoms with E-state index in [1.165, 1.54) is 24.3 Å².